The van der Waals surface area contributed by atoms with Crippen LogP contribution in [0.1, 0.15) is 25.3 Å². The molecule has 1 aromatic carbocycles. The summed E-state index contributed by atoms with van der Waals surface area (Å²) in [6.07, 6.45) is 1.30. The molecule has 0 aliphatic rings. The molecule has 0 aliphatic heterocycles. The average molecular weight is 265 g/mol. The summed E-state index contributed by atoms with van der Waals surface area (Å²) in [4.78, 5) is 11.1. The van der Waals surface area contributed by atoms with Gasteiger partial charge in [0, 0.05) is 18.7 Å². The maximum Gasteiger partial charge on any atom is 0.305 e. The van der Waals surface area contributed by atoms with Crippen LogP contribution in [-0.2, 0) is 14.3 Å². The van der Waals surface area contributed by atoms with Gasteiger partial charge in [0.25, 0.3) is 0 Å². The van der Waals surface area contributed by atoms with Crippen LogP contribution in [-0.4, -0.2) is 32.3 Å². The van der Waals surface area contributed by atoms with E-state index < -0.39 is 0 Å². The highest BCUT2D eigenvalue weighted by molar-refractivity contribution is 5.69. The van der Waals surface area contributed by atoms with Gasteiger partial charge in [-0.15, -0.1) is 0 Å². The number of benzene rings is 1. The summed E-state index contributed by atoms with van der Waals surface area (Å²) in [5.41, 5.74) is 2.33. The van der Waals surface area contributed by atoms with E-state index in [-0.39, 0.29) is 5.97 Å². The minimum absolute atomic E-state index is 0.149. The molecule has 1 aromatic rings. The molecule has 0 saturated carbocycles. The van der Waals surface area contributed by atoms with Crippen molar-refractivity contribution >= 4 is 11.7 Å². The fourth-order valence-corrected chi connectivity index (χ4v) is 1.53. The van der Waals surface area contributed by atoms with Gasteiger partial charge in [-0.3, -0.25) is 4.79 Å². The Hall–Kier alpha value is -1.55. The highest BCUT2D eigenvalue weighted by Gasteiger charge is 1.99. The lowest BCUT2D eigenvalue weighted by atomic mass is 10.2. The predicted octanol–water partition coefficient (Wildman–Crippen LogP) is 2.77. The number of anilines is 1. The van der Waals surface area contributed by atoms with Crippen LogP contribution >= 0.6 is 0 Å². The zero-order valence-corrected chi connectivity index (χ0v) is 11.8. The Bertz CT molecular complexity index is 362. The van der Waals surface area contributed by atoms with Crippen molar-refractivity contribution in [2.75, 3.05) is 31.7 Å². The molecular weight excluding hydrogens is 242 g/mol. The van der Waals surface area contributed by atoms with Gasteiger partial charge in [-0.2, -0.15) is 0 Å². The van der Waals surface area contributed by atoms with Crippen molar-refractivity contribution in [2.24, 2.45) is 0 Å². The molecule has 0 spiro atoms. The first kappa shape index (κ1) is 15.5. The Kier molecular flexibility index (Phi) is 7.66. The zero-order valence-electron chi connectivity index (χ0n) is 11.8. The van der Waals surface area contributed by atoms with E-state index >= 15 is 0 Å². The monoisotopic (exact) mass is 265 g/mol. The lowest BCUT2D eigenvalue weighted by molar-refractivity contribution is -0.145. The predicted molar refractivity (Wildman–Crippen MR) is 76.4 cm³/mol. The fraction of sp³-hybridized carbons (Fsp3) is 0.533. The third-order valence-corrected chi connectivity index (χ3v) is 2.57. The molecule has 19 heavy (non-hydrogen) atoms. The van der Waals surface area contributed by atoms with Crippen molar-refractivity contribution in [2.45, 2.75) is 26.7 Å². The third kappa shape index (κ3) is 7.47. The second-order valence-electron chi connectivity index (χ2n) is 4.38. The van der Waals surface area contributed by atoms with Gasteiger partial charge in [0.05, 0.1) is 13.2 Å². The molecule has 4 heteroatoms. The number of ether oxygens (including phenoxy) is 2. The van der Waals surface area contributed by atoms with Crippen LogP contribution in [0, 0.1) is 6.92 Å². The van der Waals surface area contributed by atoms with E-state index in [1.54, 1.807) is 0 Å². The summed E-state index contributed by atoms with van der Waals surface area (Å²) in [5.74, 6) is -0.149. The van der Waals surface area contributed by atoms with Gasteiger partial charge in [0.1, 0.15) is 6.61 Å². The molecule has 0 bridgehead atoms. The van der Waals surface area contributed by atoms with Gasteiger partial charge in [0.15, 0.2) is 0 Å². The first-order chi connectivity index (χ1) is 9.22. The van der Waals surface area contributed by atoms with Gasteiger partial charge in [0.2, 0.25) is 0 Å². The van der Waals surface area contributed by atoms with Crippen molar-refractivity contribution in [1.82, 2.24) is 0 Å². The van der Waals surface area contributed by atoms with Crippen LogP contribution in [0.5, 0.6) is 0 Å². The Labute approximate surface area is 115 Å². The number of esters is 1. The molecule has 106 valence electrons. The SMILES string of the molecule is CCCC(=O)OCCOCCNc1ccc(C)cc1. The van der Waals surface area contributed by atoms with Crippen molar-refractivity contribution in [3.8, 4) is 0 Å². The number of carbonyl (C=O) groups is 1. The summed E-state index contributed by atoms with van der Waals surface area (Å²) >= 11 is 0. The maximum absolute atomic E-state index is 11.1. The summed E-state index contributed by atoms with van der Waals surface area (Å²) in [7, 11) is 0. The molecule has 1 rings (SSSR count). The summed E-state index contributed by atoms with van der Waals surface area (Å²) in [6.45, 7) is 6.14. The lowest BCUT2D eigenvalue weighted by Crippen LogP contribution is -2.14. The van der Waals surface area contributed by atoms with E-state index in [0.717, 1.165) is 18.7 Å². The van der Waals surface area contributed by atoms with E-state index in [0.29, 0.717) is 26.2 Å². The van der Waals surface area contributed by atoms with Crippen molar-refractivity contribution in [3.05, 3.63) is 29.8 Å². The number of hydrogen-bond donors (Lipinski definition) is 1. The molecule has 0 atom stereocenters. The van der Waals surface area contributed by atoms with Gasteiger partial charge in [-0.25, -0.2) is 0 Å². The molecule has 0 aliphatic carbocycles. The summed E-state index contributed by atoms with van der Waals surface area (Å²) in [5, 5.41) is 3.26. The highest BCUT2D eigenvalue weighted by atomic mass is 16.6. The maximum atomic E-state index is 11.1. The minimum Gasteiger partial charge on any atom is -0.463 e. The van der Waals surface area contributed by atoms with Crippen LogP contribution in [0.25, 0.3) is 0 Å². The number of rotatable bonds is 9. The van der Waals surface area contributed by atoms with Crippen molar-refractivity contribution in [1.29, 1.82) is 0 Å². The highest BCUT2D eigenvalue weighted by Crippen LogP contribution is 2.07. The van der Waals surface area contributed by atoms with E-state index in [1.165, 1.54) is 5.56 Å². The van der Waals surface area contributed by atoms with Gasteiger partial charge >= 0.3 is 5.97 Å². The molecule has 0 radical (unpaired) electrons. The second-order valence-corrected chi connectivity index (χ2v) is 4.38. The van der Waals surface area contributed by atoms with Gasteiger partial charge in [-0.1, -0.05) is 24.6 Å². The van der Waals surface area contributed by atoms with Crippen LogP contribution < -0.4 is 5.32 Å². The van der Waals surface area contributed by atoms with E-state index in [9.17, 15) is 4.79 Å². The average Bonchev–Trinajstić information content (AvgIpc) is 2.40. The first-order valence-corrected chi connectivity index (χ1v) is 6.76. The van der Waals surface area contributed by atoms with Crippen molar-refractivity contribution < 1.29 is 14.3 Å². The molecule has 0 saturated heterocycles. The quantitative estimate of drug-likeness (QED) is 0.551. The molecule has 0 fully saturated rings. The number of aryl methyl sites for hydroxylation is 1. The molecule has 0 amide bonds. The van der Waals surface area contributed by atoms with Gasteiger partial charge in [-0.05, 0) is 25.5 Å². The van der Waals surface area contributed by atoms with E-state index in [1.807, 2.05) is 19.1 Å². The third-order valence-electron chi connectivity index (χ3n) is 2.57. The Morgan fingerprint density at radius 2 is 1.89 bits per heavy atom. The summed E-state index contributed by atoms with van der Waals surface area (Å²) < 4.78 is 10.3. The normalized spacial score (nSPS) is 10.2. The molecule has 0 unspecified atom stereocenters. The molecule has 0 aromatic heterocycles. The van der Waals surface area contributed by atoms with Gasteiger partial charge < -0.3 is 14.8 Å². The van der Waals surface area contributed by atoms with E-state index in [2.05, 4.69) is 24.4 Å². The van der Waals surface area contributed by atoms with Crippen LogP contribution in [0.4, 0.5) is 5.69 Å². The smallest absolute Gasteiger partial charge is 0.305 e. The Morgan fingerprint density at radius 1 is 1.16 bits per heavy atom. The number of nitrogens with one attached hydrogen (secondary N) is 1. The standard InChI is InChI=1S/C15H23NO3/c1-3-4-15(17)19-12-11-18-10-9-16-14-7-5-13(2)6-8-14/h5-8,16H,3-4,9-12H2,1-2H3. The molecule has 4 nitrogen and oxygen atoms in total. The van der Waals surface area contributed by atoms with Crippen LogP contribution in [0.15, 0.2) is 24.3 Å². The first-order valence-electron chi connectivity index (χ1n) is 6.76. The fourth-order valence-electron chi connectivity index (χ4n) is 1.53. The lowest BCUT2D eigenvalue weighted by Gasteiger charge is -2.08. The topological polar surface area (TPSA) is 47.6 Å². The van der Waals surface area contributed by atoms with E-state index in [4.69, 9.17) is 9.47 Å². The zero-order chi connectivity index (χ0) is 13.9. The Balaban J connectivity index is 1.96. The minimum atomic E-state index is -0.149. The van der Waals surface area contributed by atoms with Crippen molar-refractivity contribution in [3.63, 3.8) is 0 Å². The molecule has 1 N–H and O–H groups in total. The second kappa shape index (κ2) is 9.39. The van der Waals surface area contributed by atoms with Crippen LogP contribution in [0.3, 0.4) is 0 Å². The molecule has 0 heterocycles. The number of carbonyl (C=O) groups excluding carboxylic acids is 1. The Morgan fingerprint density at radius 3 is 2.58 bits per heavy atom. The number of hydrogen-bond acceptors (Lipinski definition) is 4. The largest absolute Gasteiger partial charge is 0.463 e. The van der Waals surface area contributed by atoms with Crippen LogP contribution in [0.2, 0.25) is 0 Å². The summed E-state index contributed by atoms with van der Waals surface area (Å²) in [6, 6.07) is 8.22. The molecular formula is C15H23NO3.